The maximum Gasteiger partial charge on any atom is 0.233 e. The molecule has 152 valence electrons. The summed E-state index contributed by atoms with van der Waals surface area (Å²) < 4.78 is 2.22. The van der Waals surface area contributed by atoms with Gasteiger partial charge in [-0.25, -0.2) is 0 Å². The second-order valence-electron chi connectivity index (χ2n) is 7.41. The molecule has 1 saturated carbocycles. The smallest absolute Gasteiger partial charge is 0.233 e. The number of hydrogen-bond donors (Lipinski definition) is 1. The van der Waals surface area contributed by atoms with Gasteiger partial charge in [-0.2, -0.15) is 0 Å². The van der Waals surface area contributed by atoms with Crippen molar-refractivity contribution in [1.82, 2.24) is 20.1 Å². The van der Waals surface area contributed by atoms with E-state index in [1.54, 1.807) is 11.3 Å². The molecule has 0 saturated heterocycles. The number of nitrogens with one attached hydrogen (secondary N) is 1. The molecule has 1 aliphatic carbocycles. The lowest BCUT2D eigenvalue weighted by Gasteiger charge is -2.21. The Morgan fingerprint density at radius 1 is 1.24 bits per heavy atom. The van der Waals surface area contributed by atoms with Crippen LogP contribution >= 0.6 is 23.1 Å². The topological polar surface area (TPSA) is 59.8 Å². The predicted molar refractivity (Wildman–Crippen MR) is 119 cm³/mol. The van der Waals surface area contributed by atoms with Gasteiger partial charge in [0.2, 0.25) is 5.91 Å². The standard InChI is InChI=1S/C22H26N4OS2/c1-3-8-18(16-9-5-4-6-10-16)23-21(27)15(2)29-22-25-24-20(19-11-7-14-28-19)26(22)17-12-13-17/h4-7,9-11,14-15,17-18H,3,8,12-13H2,1-2H3,(H,23,27)/t15-,18+/m1/s1. The summed E-state index contributed by atoms with van der Waals surface area (Å²) in [5.74, 6) is 0.964. The summed E-state index contributed by atoms with van der Waals surface area (Å²) in [5, 5.41) is 14.8. The Morgan fingerprint density at radius 3 is 2.69 bits per heavy atom. The van der Waals surface area contributed by atoms with E-state index in [0.29, 0.717) is 6.04 Å². The first-order chi connectivity index (χ1) is 14.2. The van der Waals surface area contributed by atoms with Crippen LogP contribution in [0.3, 0.4) is 0 Å². The van der Waals surface area contributed by atoms with E-state index in [2.05, 4.69) is 50.6 Å². The summed E-state index contributed by atoms with van der Waals surface area (Å²) in [4.78, 5) is 14.1. The average molecular weight is 427 g/mol. The Hall–Kier alpha value is -2.12. The molecule has 3 aromatic rings. The van der Waals surface area contributed by atoms with Crippen LogP contribution in [-0.2, 0) is 4.79 Å². The molecule has 4 rings (SSSR count). The molecule has 1 aromatic carbocycles. The van der Waals surface area contributed by atoms with Crippen molar-refractivity contribution in [3.8, 4) is 10.7 Å². The van der Waals surface area contributed by atoms with Gasteiger partial charge in [-0.1, -0.05) is 61.5 Å². The SMILES string of the molecule is CCC[C@H](NC(=O)[C@@H](C)Sc1nnc(-c2cccs2)n1C1CC1)c1ccccc1. The molecule has 2 atom stereocenters. The summed E-state index contributed by atoms with van der Waals surface area (Å²) >= 11 is 3.18. The third-order valence-electron chi connectivity index (χ3n) is 5.07. The van der Waals surface area contributed by atoms with Crippen LogP contribution in [0.5, 0.6) is 0 Å². The third kappa shape index (κ3) is 4.73. The first-order valence-electron chi connectivity index (χ1n) is 10.2. The number of thiophene rings is 1. The quantitative estimate of drug-likeness (QED) is 0.460. The highest BCUT2D eigenvalue weighted by molar-refractivity contribution is 8.00. The first kappa shape index (κ1) is 20.2. The third-order valence-corrected chi connectivity index (χ3v) is 6.99. The van der Waals surface area contributed by atoms with Gasteiger partial charge in [-0.05, 0) is 43.2 Å². The largest absolute Gasteiger partial charge is 0.348 e. The molecule has 0 radical (unpaired) electrons. The van der Waals surface area contributed by atoms with Crippen LogP contribution in [0.25, 0.3) is 10.7 Å². The second kappa shape index (κ2) is 9.13. The van der Waals surface area contributed by atoms with E-state index in [-0.39, 0.29) is 17.2 Å². The van der Waals surface area contributed by atoms with Gasteiger partial charge in [0, 0.05) is 6.04 Å². The Labute approximate surface area is 179 Å². The van der Waals surface area contributed by atoms with Crippen LogP contribution in [0.15, 0.2) is 53.0 Å². The molecule has 29 heavy (non-hydrogen) atoms. The summed E-state index contributed by atoms with van der Waals surface area (Å²) in [6.45, 7) is 4.09. The van der Waals surface area contributed by atoms with Gasteiger partial charge < -0.3 is 5.32 Å². The zero-order valence-electron chi connectivity index (χ0n) is 16.7. The molecule has 2 heterocycles. The fourth-order valence-electron chi connectivity index (χ4n) is 3.39. The predicted octanol–water partition coefficient (Wildman–Crippen LogP) is 5.48. The van der Waals surface area contributed by atoms with E-state index >= 15 is 0 Å². The average Bonchev–Trinajstić information content (AvgIpc) is 3.25. The van der Waals surface area contributed by atoms with Crippen molar-refractivity contribution in [3.05, 3.63) is 53.4 Å². The van der Waals surface area contributed by atoms with Crippen LogP contribution in [0.4, 0.5) is 0 Å². The Morgan fingerprint density at radius 2 is 2.03 bits per heavy atom. The lowest BCUT2D eigenvalue weighted by Crippen LogP contribution is -2.34. The molecule has 0 spiro atoms. The zero-order chi connectivity index (χ0) is 20.2. The van der Waals surface area contributed by atoms with Crippen molar-refractivity contribution in [2.75, 3.05) is 0 Å². The van der Waals surface area contributed by atoms with Gasteiger partial charge in [0.1, 0.15) is 0 Å². The maximum atomic E-state index is 13.0. The van der Waals surface area contributed by atoms with Crippen molar-refractivity contribution in [2.45, 2.75) is 62.0 Å². The summed E-state index contributed by atoms with van der Waals surface area (Å²) in [6.07, 6.45) is 4.24. The molecular formula is C22H26N4OS2. The van der Waals surface area contributed by atoms with E-state index in [1.165, 1.54) is 11.8 Å². The van der Waals surface area contributed by atoms with E-state index in [9.17, 15) is 4.79 Å². The molecule has 2 aromatic heterocycles. The molecule has 1 fully saturated rings. The number of rotatable bonds is 9. The highest BCUT2D eigenvalue weighted by atomic mass is 32.2. The minimum atomic E-state index is -0.240. The van der Waals surface area contributed by atoms with Crippen LogP contribution < -0.4 is 5.32 Å². The van der Waals surface area contributed by atoms with Crippen molar-refractivity contribution < 1.29 is 4.79 Å². The summed E-state index contributed by atoms with van der Waals surface area (Å²) in [5.41, 5.74) is 1.15. The van der Waals surface area contributed by atoms with Gasteiger partial charge >= 0.3 is 0 Å². The molecular weight excluding hydrogens is 400 g/mol. The van der Waals surface area contributed by atoms with E-state index in [1.807, 2.05) is 31.2 Å². The number of hydrogen-bond acceptors (Lipinski definition) is 5. The second-order valence-corrected chi connectivity index (χ2v) is 9.66. The van der Waals surface area contributed by atoms with Crippen molar-refractivity contribution >= 4 is 29.0 Å². The van der Waals surface area contributed by atoms with E-state index in [0.717, 1.165) is 47.1 Å². The highest BCUT2D eigenvalue weighted by Gasteiger charge is 2.32. The lowest BCUT2D eigenvalue weighted by molar-refractivity contribution is -0.121. The number of carbonyl (C=O) groups excluding carboxylic acids is 1. The van der Waals surface area contributed by atoms with Crippen LogP contribution in [0, 0.1) is 0 Å². The number of thioether (sulfide) groups is 1. The van der Waals surface area contributed by atoms with Gasteiger partial charge in [-0.15, -0.1) is 21.5 Å². The number of nitrogens with zero attached hydrogens (tertiary/aromatic N) is 3. The van der Waals surface area contributed by atoms with Gasteiger partial charge in [-0.3, -0.25) is 9.36 Å². The van der Waals surface area contributed by atoms with Crippen LogP contribution in [0.2, 0.25) is 0 Å². The van der Waals surface area contributed by atoms with Crippen LogP contribution in [-0.4, -0.2) is 25.9 Å². The minimum absolute atomic E-state index is 0.0414. The van der Waals surface area contributed by atoms with Crippen molar-refractivity contribution in [2.24, 2.45) is 0 Å². The first-order valence-corrected chi connectivity index (χ1v) is 11.9. The molecule has 0 bridgehead atoms. The molecule has 0 aliphatic heterocycles. The van der Waals surface area contributed by atoms with E-state index < -0.39 is 0 Å². The van der Waals surface area contributed by atoms with Crippen molar-refractivity contribution in [3.63, 3.8) is 0 Å². The fraction of sp³-hybridized carbons (Fsp3) is 0.409. The molecule has 0 unspecified atom stereocenters. The Kier molecular flexibility index (Phi) is 6.35. The minimum Gasteiger partial charge on any atom is -0.348 e. The molecule has 5 nitrogen and oxygen atoms in total. The van der Waals surface area contributed by atoms with Crippen LogP contribution in [0.1, 0.15) is 57.2 Å². The number of aromatic nitrogens is 3. The number of carbonyl (C=O) groups is 1. The van der Waals surface area contributed by atoms with Gasteiger partial charge in [0.25, 0.3) is 0 Å². The van der Waals surface area contributed by atoms with Gasteiger partial charge in [0.15, 0.2) is 11.0 Å². The summed E-state index contributed by atoms with van der Waals surface area (Å²) in [7, 11) is 0. The Bertz CT molecular complexity index is 935. The Balaban J connectivity index is 1.47. The molecule has 1 N–H and O–H groups in total. The number of amides is 1. The molecule has 1 aliphatic rings. The number of benzene rings is 1. The maximum absolute atomic E-state index is 13.0. The fourth-order valence-corrected chi connectivity index (χ4v) is 5.02. The highest BCUT2D eigenvalue weighted by Crippen LogP contribution is 2.42. The van der Waals surface area contributed by atoms with E-state index in [4.69, 9.17) is 0 Å². The lowest BCUT2D eigenvalue weighted by atomic mass is 10.0. The van der Waals surface area contributed by atoms with Crippen molar-refractivity contribution in [1.29, 1.82) is 0 Å². The zero-order valence-corrected chi connectivity index (χ0v) is 18.4. The monoisotopic (exact) mass is 426 g/mol. The molecule has 1 amide bonds. The normalized spacial score (nSPS) is 15.8. The summed E-state index contributed by atoms with van der Waals surface area (Å²) in [6, 6.07) is 14.8. The van der Waals surface area contributed by atoms with Gasteiger partial charge in [0.05, 0.1) is 16.2 Å². The molecule has 7 heteroatoms.